The van der Waals surface area contributed by atoms with Crippen molar-refractivity contribution in [3.63, 3.8) is 0 Å². The van der Waals surface area contributed by atoms with Gasteiger partial charge in [0.1, 0.15) is 17.4 Å². The highest BCUT2D eigenvalue weighted by Gasteiger charge is 2.35. The molecular formula is C20H20FN5O4. The van der Waals surface area contributed by atoms with Crippen molar-refractivity contribution < 1.29 is 19.0 Å². The van der Waals surface area contributed by atoms with Gasteiger partial charge < -0.3 is 19.3 Å². The second-order valence-electron chi connectivity index (χ2n) is 7.65. The Morgan fingerprint density at radius 2 is 2.13 bits per heavy atom. The Morgan fingerprint density at radius 3 is 2.77 bits per heavy atom. The number of nitrogens with zero attached hydrogens (tertiary/aromatic N) is 5. The molecule has 1 saturated carbocycles. The predicted molar refractivity (Wildman–Crippen MR) is 106 cm³/mol. The number of carbonyl (C=O) groups is 1. The molecule has 1 aliphatic carbocycles. The number of ether oxygens (including phenoxy) is 1. The molecule has 3 heterocycles. The number of aromatic nitrogens is 4. The smallest absolute Gasteiger partial charge is 0.341 e. The fourth-order valence-electron chi connectivity index (χ4n) is 4.36. The number of pyridine rings is 1. The summed E-state index contributed by atoms with van der Waals surface area (Å²) in [6.07, 6.45) is 7.74. The van der Waals surface area contributed by atoms with E-state index in [1.807, 2.05) is 4.90 Å². The minimum atomic E-state index is -1.33. The molecule has 0 amide bonds. The van der Waals surface area contributed by atoms with Crippen molar-refractivity contribution in [1.82, 2.24) is 19.6 Å². The molecule has 1 aromatic carbocycles. The van der Waals surface area contributed by atoms with Crippen LogP contribution in [-0.4, -0.2) is 44.3 Å². The van der Waals surface area contributed by atoms with E-state index in [2.05, 4.69) is 10.3 Å². The molecule has 156 valence electrons. The molecule has 0 radical (unpaired) electrons. The third-order valence-corrected chi connectivity index (χ3v) is 5.83. The van der Waals surface area contributed by atoms with Gasteiger partial charge in [-0.25, -0.2) is 13.9 Å². The molecule has 5 rings (SSSR count). The molecule has 1 aliphatic heterocycles. The first kappa shape index (κ1) is 18.6. The minimum absolute atomic E-state index is 0.0106. The normalized spacial score (nSPS) is 18.9. The quantitative estimate of drug-likeness (QED) is 0.686. The fourth-order valence-corrected chi connectivity index (χ4v) is 4.36. The van der Waals surface area contributed by atoms with Crippen molar-refractivity contribution in [3.8, 4) is 5.75 Å². The van der Waals surface area contributed by atoms with Crippen molar-refractivity contribution in [2.45, 2.75) is 37.9 Å². The van der Waals surface area contributed by atoms with Crippen LogP contribution in [0.1, 0.15) is 48.2 Å². The van der Waals surface area contributed by atoms with Crippen molar-refractivity contribution in [2.75, 3.05) is 18.6 Å². The van der Waals surface area contributed by atoms with Crippen molar-refractivity contribution in [2.24, 2.45) is 0 Å². The summed E-state index contributed by atoms with van der Waals surface area (Å²) in [6.45, 7) is 0.587. The highest BCUT2D eigenvalue weighted by molar-refractivity contribution is 5.97. The standard InChI is InChI=1S/C20H20FN5O4/c1-30-19-16-12(18(27)13(20(28)29)10-25(16)11-4-5-11)9-14(21)17(19)24-7-2-3-15(24)26-8-6-22-23-26/h6,8-11,15H,2-5,7H2,1H3,(H,28,29). The van der Waals surface area contributed by atoms with Gasteiger partial charge in [0.15, 0.2) is 11.6 Å². The van der Waals surface area contributed by atoms with Gasteiger partial charge in [-0.15, -0.1) is 5.10 Å². The Bertz CT molecular complexity index is 1200. The lowest BCUT2D eigenvalue weighted by molar-refractivity contribution is 0.0695. The maximum absolute atomic E-state index is 15.4. The van der Waals surface area contributed by atoms with Gasteiger partial charge in [0, 0.05) is 25.0 Å². The maximum Gasteiger partial charge on any atom is 0.341 e. The van der Waals surface area contributed by atoms with Crippen molar-refractivity contribution >= 4 is 22.6 Å². The van der Waals surface area contributed by atoms with Crippen LogP contribution in [0.3, 0.4) is 0 Å². The number of carboxylic acid groups (broad SMARTS) is 1. The maximum atomic E-state index is 15.4. The van der Waals surface area contributed by atoms with E-state index in [1.54, 1.807) is 21.6 Å². The lowest BCUT2D eigenvalue weighted by Crippen LogP contribution is -2.29. The molecule has 1 N–H and O–H groups in total. The summed E-state index contributed by atoms with van der Waals surface area (Å²) in [5.74, 6) is -1.73. The minimum Gasteiger partial charge on any atom is -0.492 e. The van der Waals surface area contributed by atoms with E-state index in [-0.39, 0.29) is 34.6 Å². The van der Waals surface area contributed by atoms with Crippen LogP contribution >= 0.6 is 0 Å². The van der Waals surface area contributed by atoms with Crippen molar-refractivity contribution in [1.29, 1.82) is 0 Å². The van der Waals surface area contributed by atoms with Gasteiger partial charge in [-0.2, -0.15) is 0 Å². The molecular weight excluding hydrogens is 393 g/mol. The first-order chi connectivity index (χ1) is 14.5. The van der Waals surface area contributed by atoms with Crippen LogP contribution in [-0.2, 0) is 0 Å². The summed E-state index contributed by atoms with van der Waals surface area (Å²) in [4.78, 5) is 26.3. The zero-order valence-electron chi connectivity index (χ0n) is 16.3. The van der Waals surface area contributed by atoms with Crippen LogP contribution in [0.5, 0.6) is 5.75 Å². The van der Waals surface area contributed by atoms with Crippen LogP contribution in [0.25, 0.3) is 10.9 Å². The van der Waals surface area contributed by atoms with Crippen LogP contribution in [0.15, 0.2) is 29.5 Å². The summed E-state index contributed by atoms with van der Waals surface area (Å²) in [5, 5.41) is 17.4. The van der Waals surface area contributed by atoms with Gasteiger partial charge >= 0.3 is 5.97 Å². The number of carboxylic acids is 1. The summed E-state index contributed by atoms with van der Waals surface area (Å²) in [7, 11) is 1.44. The zero-order chi connectivity index (χ0) is 21.0. The average Bonchev–Trinajstić information content (AvgIpc) is 3.22. The Hall–Kier alpha value is -3.43. The number of fused-ring (bicyclic) bond motifs is 1. The van der Waals surface area contributed by atoms with Crippen molar-refractivity contribution in [3.05, 3.63) is 46.3 Å². The van der Waals surface area contributed by atoms with Crippen LogP contribution in [0.2, 0.25) is 0 Å². The molecule has 2 fully saturated rings. The third-order valence-electron chi connectivity index (χ3n) is 5.83. The molecule has 2 aliphatic rings. The molecule has 1 unspecified atom stereocenters. The summed E-state index contributed by atoms with van der Waals surface area (Å²) < 4.78 is 24.5. The molecule has 0 bridgehead atoms. The zero-order valence-corrected chi connectivity index (χ0v) is 16.3. The second-order valence-corrected chi connectivity index (χ2v) is 7.65. The molecule has 9 nitrogen and oxygen atoms in total. The van der Waals surface area contributed by atoms with E-state index in [9.17, 15) is 14.7 Å². The second kappa shape index (κ2) is 6.82. The van der Waals surface area contributed by atoms with E-state index in [4.69, 9.17) is 4.74 Å². The molecule has 3 aromatic rings. The predicted octanol–water partition coefficient (Wildman–Crippen LogP) is 2.57. The van der Waals surface area contributed by atoms with E-state index in [0.717, 1.165) is 31.7 Å². The average molecular weight is 413 g/mol. The summed E-state index contributed by atoms with van der Waals surface area (Å²) in [6, 6.07) is 1.19. The largest absolute Gasteiger partial charge is 0.492 e. The number of benzene rings is 1. The number of aromatic carboxylic acids is 1. The summed E-state index contributed by atoms with van der Waals surface area (Å²) >= 11 is 0. The van der Waals surface area contributed by atoms with Crippen LogP contribution in [0, 0.1) is 5.82 Å². The first-order valence-electron chi connectivity index (χ1n) is 9.82. The van der Waals surface area contributed by atoms with Gasteiger partial charge in [-0.1, -0.05) is 5.21 Å². The van der Waals surface area contributed by atoms with E-state index in [1.165, 1.54) is 13.3 Å². The third kappa shape index (κ3) is 2.74. The van der Waals surface area contributed by atoms with Gasteiger partial charge in [0.25, 0.3) is 0 Å². The molecule has 2 aromatic heterocycles. The monoisotopic (exact) mass is 413 g/mol. The van der Waals surface area contributed by atoms with E-state index < -0.39 is 17.2 Å². The Morgan fingerprint density at radius 1 is 1.33 bits per heavy atom. The number of anilines is 1. The molecule has 30 heavy (non-hydrogen) atoms. The topological polar surface area (TPSA) is 102 Å². The first-order valence-corrected chi connectivity index (χ1v) is 9.82. The number of hydrogen-bond donors (Lipinski definition) is 1. The van der Waals surface area contributed by atoms with E-state index in [0.29, 0.717) is 12.1 Å². The lowest BCUT2D eigenvalue weighted by atomic mass is 10.1. The SMILES string of the molecule is COc1c(N2CCCC2n2ccnn2)c(F)cc2c(=O)c(C(=O)O)cn(C3CC3)c12. The number of methoxy groups -OCH3 is 1. The summed E-state index contributed by atoms with van der Waals surface area (Å²) in [5.41, 5.74) is -0.409. The van der Waals surface area contributed by atoms with Gasteiger partial charge in [-0.05, 0) is 31.7 Å². The van der Waals surface area contributed by atoms with E-state index >= 15 is 4.39 Å². The van der Waals surface area contributed by atoms with Gasteiger partial charge in [-0.3, -0.25) is 4.79 Å². The lowest BCUT2D eigenvalue weighted by Gasteiger charge is -2.29. The number of rotatable bonds is 5. The molecule has 1 saturated heterocycles. The Kier molecular flexibility index (Phi) is 4.23. The number of hydrogen-bond acceptors (Lipinski definition) is 6. The van der Waals surface area contributed by atoms with Gasteiger partial charge in [0.05, 0.1) is 24.2 Å². The number of halogens is 1. The molecule has 1 atom stereocenters. The molecule has 0 spiro atoms. The van der Waals surface area contributed by atoms with Crippen LogP contribution < -0.4 is 15.1 Å². The molecule has 10 heteroatoms. The Labute approximate surface area is 170 Å². The highest BCUT2D eigenvalue weighted by atomic mass is 19.1. The highest BCUT2D eigenvalue weighted by Crippen LogP contribution is 2.46. The van der Waals surface area contributed by atoms with Gasteiger partial charge in [0.2, 0.25) is 5.43 Å². The van der Waals surface area contributed by atoms with Crippen LogP contribution in [0.4, 0.5) is 10.1 Å². The fraction of sp³-hybridized carbons (Fsp3) is 0.400. The Balaban J connectivity index is 1.79.